The molecule has 8 heteroatoms. The molecule has 0 bridgehead atoms. The summed E-state index contributed by atoms with van der Waals surface area (Å²) in [6.07, 6.45) is 0. The van der Waals surface area contributed by atoms with Crippen LogP contribution in [0, 0.1) is 6.92 Å². The van der Waals surface area contributed by atoms with Crippen LogP contribution in [0.3, 0.4) is 0 Å². The van der Waals surface area contributed by atoms with E-state index >= 15 is 0 Å². The van der Waals surface area contributed by atoms with Crippen LogP contribution in [-0.4, -0.2) is 29.3 Å². The molecule has 0 saturated carbocycles. The van der Waals surface area contributed by atoms with Crippen molar-refractivity contribution < 1.29 is 17.4 Å². The Morgan fingerprint density at radius 1 is 1.10 bits per heavy atom. The van der Waals surface area contributed by atoms with E-state index in [-0.39, 0.29) is 9.64 Å². The van der Waals surface area contributed by atoms with Crippen molar-refractivity contribution in [1.29, 1.82) is 0 Å². The molecule has 2 aromatic rings. The Morgan fingerprint density at radius 2 is 1.72 bits per heavy atom. The highest BCUT2D eigenvalue weighted by molar-refractivity contribution is 7.89. The predicted molar refractivity (Wildman–Crippen MR) is 118 cm³/mol. The molecular formula is C21H28N2O4S2. The Morgan fingerprint density at radius 3 is 2.31 bits per heavy atom. The van der Waals surface area contributed by atoms with Gasteiger partial charge >= 0.3 is 0 Å². The molecule has 158 valence electrons. The molecule has 2 rings (SSSR count). The fourth-order valence-electron chi connectivity index (χ4n) is 2.43. The first-order valence-corrected chi connectivity index (χ1v) is 12.1. The summed E-state index contributed by atoms with van der Waals surface area (Å²) in [7, 11) is -4.86. The predicted octanol–water partition coefficient (Wildman–Crippen LogP) is 3.35. The highest BCUT2D eigenvalue weighted by atomic mass is 32.2. The summed E-state index contributed by atoms with van der Waals surface area (Å²) in [6.45, 7) is 9.09. The van der Waals surface area contributed by atoms with Crippen LogP contribution in [0.25, 0.3) is 0 Å². The summed E-state index contributed by atoms with van der Waals surface area (Å²) in [5.41, 5.74) is 2.31. The van der Waals surface area contributed by atoms with E-state index < -0.39 is 32.8 Å². The summed E-state index contributed by atoms with van der Waals surface area (Å²) in [5, 5.41) is 2.71. The normalized spacial score (nSPS) is 14.2. The van der Waals surface area contributed by atoms with Gasteiger partial charge in [0.15, 0.2) is 0 Å². The Hall–Kier alpha value is -2.03. The topological polar surface area (TPSA) is 92.3 Å². The van der Waals surface area contributed by atoms with E-state index in [1.807, 2.05) is 33.8 Å². The summed E-state index contributed by atoms with van der Waals surface area (Å²) >= 11 is 0. The van der Waals surface area contributed by atoms with Gasteiger partial charge in [0.25, 0.3) is 0 Å². The van der Waals surface area contributed by atoms with E-state index in [9.17, 15) is 17.4 Å². The summed E-state index contributed by atoms with van der Waals surface area (Å²) in [6, 6.07) is 12.5. The number of hydrogen-bond acceptors (Lipinski definition) is 4. The smallest absolute Gasteiger partial charge is 0.242 e. The van der Waals surface area contributed by atoms with Gasteiger partial charge in [0.05, 0.1) is 10.9 Å². The molecule has 0 heterocycles. The summed E-state index contributed by atoms with van der Waals surface area (Å²) in [5.74, 6) is -0.0993. The summed E-state index contributed by atoms with van der Waals surface area (Å²) in [4.78, 5) is 12.6. The number of sulfonamides is 1. The molecule has 2 aromatic carbocycles. The molecule has 0 aliphatic heterocycles. The maximum absolute atomic E-state index is 12.5. The first-order chi connectivity index (χ1) is 13.4. The van der Waals surface area contributed by atoms with Gasteiger partial charge in [-0.2, -0.15) is 4.72 Å². The quantitative estimate of drug-likeness (QED) is 0.696. The molecule has 0 radical (unpaired) electrons. The fourth-order valence-corrected chi connectivity index (χ4v) is 4.55. The Bertz CT molecular complexity index is 994. The zero-order valence-electron chi connectivity index (χ0n) is 17.4. The standard InChI is InChI=1S/C21H28N2O4S2/c1-15-9-11-19(12-10-15)29(26,27)23-16(2)20(24)22-18-8-6-7-17(13-18)14-28(25)21(3,4)5/h6-13,16,23H,14H2,1-5H3,(H,22,24)/t16-,28?/m0/s1. The largest absolute Gasteiger partial charge is 0.325 e. The van der Waals surface area contributed by atoms with Gasteiger partial charge in [-0.15, -0.1) is 0 Å². The lowest BCUT2D eigenvalue weighted by Crippen LogP contribution is -2.41. The van der Waals surface area contributed by atoms with Crippen LogP contribution in [0.2, 0.25) is 0 Å². The molecule has 1 unspecified atom stereocenters. The third kappa shape index (κ3) is 6.76. The van der Waals surface area contributed by atoms with E-state index in [4.69, 9.17) is 0 Å². The highest BCUT2D eigenvalue weighted by Crippen LogP contribution is 2.19. The van der Waals surface area contributed by atoms with Crippen molar-refractivity contribution in [3.63, 3.8) is 0 Å². The Kier molecular flexibility index (Phi) is 7.37. The van der Waals surface area contributed by atoms with Crippen molar-refractivity contribution >= 4 is 32.4 Å². The SMILES string of the molecule is Cc1ccc(S(=O)(=O)N[C@@H](C)C(=O)Nc2cccc(CS(=O)C(C)(C)C)c2)cc1. The third-order valence-electron chi connectivity index (χ3n) is 4.23. The van der Waals surface area contributed by atoms with Crippen LogP contribution in [-0.2, 0) is 31.4 Å². The van der Waals surface area contributed by atoms with Gasteiger partial charge in [-0.25, -0.2) is 8.42 Å². The molecule has 29 heavy (non-hydrogen) atoms. The number of benzene rings is 2. The van der Waals surface area contributed by atoms with Crippen LogP contribution in [0.5, 0.6) is 0 Å². The second kappa shape index (κ2) is 9.19. The molecule has 0 aliphatic rings. The monoisotopic (exact) mass is 436 g/mol. The van der Waals surface area contributed by atoms with E-state index in [1.165, 1.54) is 19.1 Å². The average molecular weight is 437 g/mol. The van der Waals surface area contributed by atoms with Gasteiger partial charge in [-0.1, -0.05) is 29.8 Å². The molecule has 0 aliphatic carbocycles. The lowest BCUT2D eigenvalue weighted by atomic mass is 10.2. The second-order valence-corrected chi connectivity index (χ2v) is 11.9. The Balaban J connectivity index is 2.05. The van der Waals surface area contributed by atoms with E-state index in [0.717, 1.165) is 11.1 Å². The van der Waals surface area contributed by atoms with Crippen LogP contribution >= 0.6 is 0 Å². The zero-order chi connectivity index (χ0) is 21.8. The van der Waals surface area contributed by atoms with Crippen LogP contribution in [0.15, 0.2) is 53.4 Å². The van der Waals surface area contributed by atoms with Crippen molar-refractivity contribution in [3.8, 4) is 0 Å². The number of carbonyl (C=O) groups excluding carboxylic acids is 1. The molecular weight excluding hydrogens is 408 g/mol. The van der Waals surface area contributed by atoms with Gasteiger partial charge in [0, 0.05) is 27.0 Å². The molecule has 2 atom stereocenters. The second-order valence-electron chi connectivity index (χ2n) is 7.95. The average Bonchev–Trinajstić information content (AvgIpc) is 2.61. The number of rotatable bonds is 7. The first kappa shape index (κ1) is 23.3. The fraction of sp³-hybridized carbons (Fsp3) is 0.381. The van der Waals surface area contributed by atoms with E-state index in [0.29, 0.717) is 11.4 Å². The molecule has 1 amide bonds. The lowest BCUT2D eigenvalue weighted by Gasteiger charge is -2.18. The molecule has 0 aromatic heterocycles. The minimum absolute atomic E-state index is 0.106. The maximum Gasteiger partial charge on any atom is 0.242 e. The van der Waals surface area contributed by atoms with Gasteiger partial charge in [-0.3, -0.25) is 9.00 Å². The molecule has 0 saturated heterocycles. The first-order valence-electron chi connectivity index (χ1n) is 9.26. The molecule has 6 nitrogen and oxygen atoms in total. The minimum Gasteiger partial charge on any atom is -0.325 e. The minimum atomic E-state index is -3.81. The zero-order valence-corrected chi connectivity index (χ0v) is 19.0. The number of carbonyl (C=O) groups is 1. The van der Waals surface area contributed by atoms with Crippen LogP contribution in [0.1, 0.15) is 38.8 Å². The molecule has 2 N–H and O–H groups in total. The van der Waals surface area contributed by atoms with Crippen molar-refractivity contribution in [3.05, 3.63) is 59.7 Å². The number of amides is 1. The van der Waals surface area contributed by atoms with Gasteiger partial charge in [0.1, 0.15) is 0 Å². The molecule has 0 spiro atoms. The van der Waals surface area contributed by atoms with E-state index in [1.54, 1.807) is 30.3 Å². The summed E-state index contributed by atoms with van der Waals surface area (Å²) < 4.78 is 39.3. The van der Waals surface area contributed by atoms with Crippen molar-refractivity contribution in [2.75, 3.05) is 5.32 Å². The van der Waals surface area contributed by atoms with Crippen molar-refractivity contribution in [2.24, 2.45) is 0 Å². The van der Waals surface area contributed by atoms with Gasteiger partial charge in [-0.05, 0) is 64.4 Å². The Labute approximate surface area is 175 Å². The van der Waals surface area contributed by atoms with Gasteiger partial charge in [0.2, 0.25) is 15.9 Å². The number of aryl methyl sites for hydroxylation is 1. The number of hydrogen-bond donors (Lipinski definition) is 2. The van der Waals surface area contributed by atoms with Crippen molar-refractivity contribution in [1.82, 2.24) is 4.72 Å². The van der Waals surface area contributed by atoms with Crippen LogP contribution in [0.4, 0.5) is 5.69 Å². The van der Waals surface area contributed by atoms with Gasteiger partial charge < -0.3 is 5.32 Å². The van der Waals surface area contributed by atoms with Crippen molar-refractivity contribution in [2.45, 2.75) is 56.1 Å². The lowest BCUT2D eigenvalue weighted by molar-refractivity contribution is -0.117. The van der Waals surface area contributed by atoms with E-state index in [2.05, 4.69) is 10.0 Å². The molecule has 0 fully saturated rings. The number of nitrogens with one attached hydrogen (secondary N) is 2. The number of anilines is 1. The third-order valence-corrected chi connectivity index (χ3v) is 7.75. The van der Waals surface area contributed by atoms with Crippen LogP contribution < -0.4 is 10.0 Å². The highest BCUT2D eigenvalue weighted by Gasteiger charge is 2.23. The maximum atomic E-state index is 12.5.